The third-order valence-electron chi connectivity index (χ3n) is 4.09. The Morgan fingerprint density at radius 2 is 2.00 bits per heavy atom. The third-order valence-corrected chi connectivity index (χ3v) is 5.54. The van der Waals surface area contributed by atoms with E-state index in [9.17, 15) is 17.2 Å². The second-order valence-corrected chi connectivity index (χ2v) is 7.75. The molecule has 1 heterocycles. The fraction of sp³-hybridized carbons (Fsp3) is 0.278. The summed E-state index contributed by atoms with van der Waals surface area (Å²) in [6.07, 6.45) is 2.32. The molecule has 0 saturated heterocycles. The number of alkyl halides is 2. The van der Waals surface area contributed by atoms with Crippen LogP contribution in [0.25, 0.3) is 10.9 Å². The number of hydrogen-bond acceptors (Lipinski definition) is 4. The van der Waals surface area contributed by atoms with Gasteiger partial charge in [0.2, 0.25) is 10.0 Å². The summed E-state index contributed by atoms with van der Waals surface area (Å²) in [5.41, 5.74) is 2.13. The molecule has 0 bridgehead atoms. The number of rotatable bonds is 8. The Morgan fingerprint density at radius 1 is 1.22 bits per heavy atom. The Labute approximate surface area is 155 Å². The summed E-state index contributed by atoms with van der Waals surface area (Å²) in [6.45, 7) is -0.267. The van der Waals surface area contributed by atoms with Crippen LogP contribution in [0.2, 0.25) is 0 Å². The second-order valence-electron chi connectivity index (χ2n) is 5.98. The zero-order chi connectivity index (χ0) is 19.4. The van der Waals surface area contributed by atoms with E-state index in [-0.39, 0.29) is 17.2 Å². The molecule has 0 amide bonds. The van der Waals surface area contributed by atoms with Gasteiger partial charge in [-0.2, -0.15) is 13.9 Å². The average molecular weight is 395 g/mol. The Kier molecular flexibility index (Phi) is 5.71. The first-order chi connectivity index (χ1) is 12.9. The Hall–Kier alpha value is -2.52. The van der Waals surface area contributed by atoms with E-state index < -0.39 is 16.6 Å². The van der Waals surface area contributed by atoms with E-state index in [1.807, 2.05) is 29.8 Å². The summed E-state index contributed by atoms with van der Waals surface area (Å²) in [5.74, 6) is -0.203. The zero-order valence-corrected chi connectivity index (χ0v) is 15.4. The van der Waals surface area contributed by atoms with Crippen LogP contribution in [-0.2, 0) is 16.6 Å². The van der Waals surface area contributed by atoms with Crippen LogP contribution in [0.3, 0.4) is 0 Å². The highest BCUT2D eigenvalue weighted by Crippen LogP contribution is 2.20. The maximum Gasteiger partial charge on any atom is 0.387 e. The number of benzene rings is 2. The summed E-state index contributed by atoms with van der Waals surface area (Å²) in [4.78, 5) is -0.124. The van der Waals surface area contributed by atoms with Crippen molar-refractivity contribution in [2.24, 2.45) is 0 Å². The van der Waals surface area contributed by atoms with Crippen molar-refractivity contribution in [2.75, 3.05) is 6.54 Å². The molecule has 2 aromatic carbocycles. The van der Waals surface area contributed by atoms with Crippen molar-refractivity contribution < 1.29 is 21.9 Å². The average Bonchev–Trinajstić information content (AvgIpc) is 3.03. The normalized spacial score (nSPS) is 12.0. The molecule has 27 heavy (non-hydrogen) atoms. The molecule has 0 fully saturated rings. The molecular weight excluding hydrogens is 376 g/mol. The number of aryl methyl sites for hydroxylation is 2. The monoisotopic (exact) mass is 395 g/mol. The predicted octanol–water partition coefficient (Wildman–Crippen LogP) is 3.31. The molecule has 3 aromatic rings. The number of fused-ring (bicyclic) bond motifs is 1. The summed E-state index contributed by atoms with van der Waals surface area (Å²) in [6, 6.07) is 10.9. The van der Waals surface area contributed by atoms with E-state index in [1.165, 1.54) is 18.2 Å². The molecule has 0 aliphatic heterocycles. The van der Waals surface area contributed by atoms with Gasteiger partial charge in [0.25, 0.3) is 0 Å². The molecular formula is C18H19F2N3O3S. The molecule has 0 spiro atoms. The van der Waals surface area contributed by atoms with Crippen molar-refractivity contribution in [1.29, 1.82) is 0 Å². The number of ether oxygens (including phenoxy) is 1. The van der Waals surface area contributed by atoms with Crippen molar-refractivity contribution in [3.8, 4) is 5.75 Å². The Balaban J connectivity index is 1.60. The van der Waals surface area contributed by atoms with Gasteiger partial charge in [0.05, 0.1) is 16.6 Å². The molecule has 1 N–H and O–H groups in total. The van der Waals surface area contributed by atoms with Gasteiger partial charge >= 0.3 is 6.61 Å². The van der Waals surface area contributed by atoms with Crippen LogP contribution >= 0.6 is 0 Å². The first-order valence-corrected chi connectivity index (χ1v) is 9.81. The van der Waals surface area contributed by atoms with Crippen molar-refractivity contribution in [2.45, 2.75) is 31.4 Å². The van der Waals surface area contributed by atoms with Gasteiger partial charge in [-0.1, -0.05) is 18.2 Å². The Bertz CT molecular complexity index is 1040. The maximum absolute atomic E-state index is 12.3. The van der Waals surface area contributed by atoms with Crippen molar-refractivity contribution in [3.05, 3.63) is 54.2 Å². The third kappa shape index (κ3) is 4.61. The minimum absolute atomic E-state index is 0.124. The number of halogens is 2. The molecule has 9 heteroatoms. The SMILES string of the molecule is Cc1cccc2c1cnn2CCCNS(=O)(=O)c1cccc(OC(F)F)c1. The number of nitrogens with zero attached hydrogens (tertiary/aromatic N) is 2. The molecule has 0 aliphatic carbocycles. The highest BCUT2D eigenvalue weighted by atomic mass is 32.2. The molecule has 0 unspecified atom stereocenters. The number of sulfonamides is 1. The molecule has 0 atom stereocenters. The molecule has 0 radical (unpaired) electrons. The highest BCUT2D eigenvalue weighted by Gasteiger charge is 2.15. The lowest BCUT2D eigenvalue weighted by Crippen LogP contribution is -2.25. The van der Waals surface area contributed by atoms with E-state index in [2.05, 4.69) is 14.6 Å². The lowest BCUT2D eigenvalue weighted by Gasteiger charge is -2.09. The molecule has 144 valence electrons. The van der Waals surface area contributed by atoms with Gasteiger partial charge in [0, 0.05) is 24.5 Å². The van der Waals surface area contributed by atoms with Gasteiger partial charge in [-0.15, -0.1) is 0 Å². The molecule has 1 aromatic heterocycles. The van der Waals surface area contributed by atoms with E-state index in [0.29, 0.717) is 13.0 Å². The quantitative estimate of drug-likeness (QED) is 0.594. The van der Waals surface area contributed by atoms with Gasteiger partial charge in [-0.05, 0) is 37.1 Å². The van der Waals surface area contributed by atoms with Crippen LogP contribution in [0, 0.1) is 6.92 Å². The molecule has 6 nitrogen and oxygen atoms in total. The lowest BCUT2D eigenvalue weighted by atomic mass is 10.1. The minimum atomic E-state index is -3.81. The van der Waals surface area contributed by atoms with Gasteiger partial charge in [-0.25, -0.2) is 13.1 Å². The van der Waals surface area contributed by atoms with Crippen LogP contribution in [0.4, 0.5) is 8.78 Å². The van der Waals surface area contributed by atoms with Gasteiger partial charge in [-0.3, -0.25) is 4.68 Å². The number of aromatic nitrogens is 2. The highest BCUT2D eigenvalue weighted by molar-refractivity contribution is 7.89. The van der Waals surface area contributed by atoms with E-state index >= 15 is 0 Å². The first kappa shape index (κ1) is 19.2. The van der Waals surface area contributed by atoms with Crippen LogP contribution in [-0.4, -0.2) is 31.4 Å². The van der Waals surface area contributed by atoms with Crippen LogP contribution in [0.5, 0.6) is 5.75 Å². The Morgan fingerprint density at radius 3 is 2.78 bits per heavy atom. The number of nitrogens with one attached hydrogen (secondary N) is 1. The van der Waals surface area contributed by atoms with Gasteiger partial charge in [0.1, 0.15) is 5.75 Å². The van der Waals surface area contributed by atoms with Gasteiger partial charge < -0.3 is 4.74 Å². The summed E-state index contributed by atoms with van der Waals surface area (Å²) >= 11 is 0. The fourth-order valence-electron chi connectivity index (χ4n) is 2.76. The minimum Gasteiger partial charge on any atom is -0.435 e. The molecule has 0 aliphatic rings. The maximum atomic E-state index is 12.3. The van der Waals surface area contributed by atoms with E-state index in [0.717, 1.165) is 22.5 Å². The van der Waals surface area contributed by atoms with E-state index in [4.69, 9.17) is 0 Å². The largest absolute Gasteiger partial charge is 0.435 e. The van der Waals surface area contributed by atoms with Gasteiger partial charge in [0.15, 0.2) is 0 Å². The smallest absolute Gasteiger partial charge is 0.387 e. The first-order valence-electron chi connectivity index (χ1n) is 8.32. The van der Waals surface area contributed by atoms with Crippen molar-refractivity contribution in [3.63, 3.8) is 0 Å². The van der Waals surface area contributed by atoms with Crippen LogP contribution < -0.4 is 9.46 Å². The predicted molar refractivity (Wildman–Crippen MR) is 97.3 cm³/mol. The summed E-state index contributed by atoms with van der Waals surface area (Å²) in [7, 11) is -3.81. The standard InChI is InChI=1S/C18H19F2N3O3S/c1-13-5-2-8-17-16(13)12-21-23(17)10-4-9-22-27(24,25)15-7-3-6-14(11-15)26-18(19)20/h2-3,5-8,11-12,18,22H,4,9-10H2,1H3. The number of hydrogen-bond donors (Lipinski definition) is 1. The summed E-state index contributed by atoms with van der Waals surface area (Å²) < 4.78 is 57.7. The molecule has 0 saturated carbocycles. The second kappa shape index (κ2) is 8.01. The van der Waals surface area contributed by atoms with E-state index in [1.54, 1.807) is 6.20 Å². The van der Waals surface area contributed by atoms with Crippen LogP contribution in [0.15, 0.2) is 53.6 Å². The summed E-state index contributed by atoms with van der Waals surface area (Å²) in [5, 5.41) is 5.40. The van der Waals surface area contributed by atoms with Crippen LogP contribution in [0.1, 0.15) is 12.0 Å². The fourth-order valence-corrected chi connectivity index (χ4v) is 3.87. The lowest BCUT2D eigenvalue weighted by molar-refractivity contribution is -0.0499. The van der Waals surface area contributed by atoms with Crippen molar-refractivity contribution in [1.82, 2.24) is 14.5 Å². The zero-order valence-electron chi connectivity index (χ0n) is 14.6. The topological polar surface area (TPSA) is 73.2 Å². The van der Waals surface area contributed by atoms with Crippen molar-refractivity contribution >= 4 is 20.9 Å². The molecule has 3 rings (SSSR count).